The van der Waals surface area contributed by atoms with Gasteiger partial charge in [-0.1, -0.05) is 20.8 Å². The number of hydrogen-bond donors (Lipinski definition) is 2. The monoisotopic (exact) mass is 612 g/mol. The highest BCUT2D eigenvalue weighted by Crippen LogP contribution is 2.42. The van der Waals surface area contributed by atoms with Gasteiger partial charge in [0.25, 0.3) is 0 Å². The molecule has 0 aliphatic carbocycles. The minimum absolute atomic E-state index is 0.127. The molecule has 2 N–H and O–H groups in total. The standard InChI is InChI=1S/C28H44N2O9SSi/c1-16-20(35-8)12-21(39-41(10,11)28(5,6)7)17-14-40-15-19(24(32)36-9)29-23(31)18(13-37-25(33)22(16)17)30-26(34)38-27(2,3)4/h12,18-19H,13-15H2,1-11H3,(H,29,31)(H,30,34)/t18-,19+/m1/s1. The van der Waals surface area contributed by atoms with E-state index in [2.05, 4.69) is 44.5 Å². The first kappa shape index (κ1) is 34.3. The van der Waals surface area contributed by atoms with Gasteiger partial charge in [0.05, 0.1) is 19.8 Å². The predicted molar refractivity (Wildman–Crippen MR) is 159 cm³/mol. The average Bonchev–Trinajstić information content (AvgIpc) is 2.83. The molecule has 1 aromatic rings. The fourth-order valence-electron chi connectivity index (χ4n) is 3.66. The zero-order valence-corrected chi connectivity index (χ0v) is 27.8. The molecule has 0 radical (unpaired) electrons. The fourth-order valence-corrected chi connectivity index (χ4v) is 5.77. The quantitative estimate of drug-likeness (QED) is 0.280. The number of ether oxygens (including phenoxy) is 4. The Bertz CT molecular complexity index is 1160. The molecule has 0 unspecified atom stereocenters. The van der Waals surface area contributed by atoms with Crippen LogP contribution in [0.1, 0.15) is 63.0 Å². The van der Waals surface area contributed by atoms with E-state index in [1.807, 2.05) is 0 Å². The molecule has 1 aromatic carbocycles. The third kappa shape index (κ3) is 9.02. The number of rotatable bonds is 5. The van der Waals surface area contributed by atoms with Crippen molar-refractivity contribution in [1.82, 2.24) is 10.6 Å². The number of carbonyl (C=O) groups is 4. The molecule has 0 saturated carbocycles. The van der Waals surface area contributed by atoms with Crippen LogP contribution in [0.4, 0.5) is 4.79 Å². The van der Waals surface area contributed by atoms with Crippen LogP contribution in [0.2, 0.25) is 18.1 Å². The molecule has 1 heterocycles. The van der Waals surface area contributed by atoms with Crippen LogP contribution in [-0.2, 0) is 29.6 Å². The summed E-state index contributed by atoms with van der Waals surface area (Å²) in [6, 6.07) is -0.591. The van der Waals surface area contributed by atoms with E-state index in [0.717, 1.165) is 0 Å². The zero-order valence-electron chi connectivity index (χ0n) is 25.9. The molecular formula is C28H44N2O9SSi. The maximum Gasteiger partial charge on any atom is 0.408 e. The number of cyclic esters (lactones) is 1. The predicted octanol–water partition coefficient (Wildman–Crippen LogP) is 4.34. The van der Waals surface area contributed by atoms with E-state index in [1.165, 1.54) is 26.0 Å². The number of alkyl carbamates (subject to hydrolysis) is 1. The van der Waals surface area contributed by atoms with Crippen LogP contribution in [0.3, 0.4) is 0 Å². The van der Waals surface area contributed by atoms with Gasteiger partial charge in [0.2, 0.25) is 14.2 Å². The van der Waals surface area contributed by atoms with E-state index in [-0.39, 0.29) is 22.1 Å². The normalized spacial score (nSPS) is 18.9. The van der Waals surface area contributed by atoms with Crippen molar-refractivity contribution < 1.29 is 42.6 Å². The zero-order chi connectivity index (χ0) is 31.3. The molecule has 41 heavy (non-hydrogen) atoms. The fraction of sp³-hybridized carbons (Fsp3) is 0.643. The van der Waals surface area contributed by atoms with Crippen molar-refractivity contribution in [3.05, 3.63) is 22.8 Å². The maximum absolute atomic E-state index is 13.6. The lowest BCUT2D eigenvalue weighted by Gasteiger charge is -2.37. The Morgan fingerprint density at radius 1 is 1.10 bits per heavy atom. The summed E-state index contributed by atoms with van der Waals surface area (Å²) < 4.78 is 28.1. The number of carbonyl (C=O) groups excluding carboxylic acids is 4. The highest BCUT2D eigenvalue weighted by molar-refractivity contribution is 7.98. The number of hydrogen-bond acceptors (Lipinski definition) is 10. The van der Waals surface area contributed by atoms with E-state index in [4.69, 9.17) is 23.4 Å². The third-order valence-electron chi connectivity index (χ3n) is 6.92. The molecule has 2 rings (SSSR count). The van der Waals surface area contributed by atoms with Gasteiger partial charge in [-0.15, -0.1) is 0 Å². The van der Waals surface area contributed by atoms with Crippen LogP contribution in [0.25, 0.3) is 0 Å². The van der Waals surface area contributed by atoms with Gasteiger partial charge in [-0.25, -0.2) is 14.4 Å². The Morgan fingerprint density at radius 3 is 2.27 bits per heavy atom. The number of esters is 2. The Hall–Kier alpha value is -2.93. The molecule has 0 fully saturated rings. The smallest absolute Gasteiger partial charge is 0.408 e. The van der Waals surface area contributed by atoms with Crippen LogP contribution in [0.15, 0.2) is 6.07 Å². The van der Waals surface area contributed by atoms with Crippen molar-refractivity contribution in [2.24, 2.45) is 0 Å². The van der Waals surface area contributed by atoms with Gasteiger partial charge in [0.1, 0.15) is 35.8 Å². The topological polar surface area (TPSA) is 138 Å². The lowest BCUT2D eigenvalue weighted by atomic mass is 10.0. The lowest BCUT2D eigenvalue weighted by molar-refractivity contribution is -0.144. The highest BCUT2D eigenvalue weighted by atomic mass is 32.2. The van der Waals surface area contributed by atoms with Crippen LogP contribution < -0.4 is 19.8 Å². The molecule has 2 amide bonds. The summed E-state index contributed by atoms with van der Waals surface area (Å²) in [5.74, 6) is -0.730. The maximum atomic E-state index is 13.6. The van der Waals surface area contributed by atoms with Gasteiger partial charge >= 0.3 is 18.0 Å². The van der Waals surface area contributed by atoms with Gasteiger partial charge in [0, 0.05) is 28.7 Å². The van der Waals surface area contributed by atoms with Crippen molar-refractivity contribution in [3.8, 4) is 11.5 Å². The van der Waals surface area contributed by atoms with E-state index >= 15 is 0 Å². The van der Waals surface area contributed by atoms with Crippen molar-refractivity contribution in [2.45, 2.75) is 90.0 Å². The van der Waals surface area contributed by atoms with Crippen LogP contribution >= 0.6 is 11.8 Å². The average molecular weight is 613 g/mol. The number of nitrogens with one attached hydrogen (secondary N) is 2. The van der Waals surface area contributed by atoms with Crippen LogP contribution in [0, 0.1) is 6.92 Å². The number of fused-ring (bicyclic) bond motifs is 1. The van der Waals surface area contributed by atoms with Gasteiger partial charge in [-0.3, -0.25) is 4.79 Å². The second-order valence-electron chi connectivity index (χ2n) is 12.3. The van der Waals surface area contributed by atoms with Crippen LogP contribution in [0.5, 0.6) is 11.5 Å². The number of methoxy groups -OCH3 is 2. The SMILES string of the molecule is COC(=O)[C@@H]1CSCc2c(O[Si](C)(C)C(C)(C)C)cc(OC)c(C)c2C(=O)OC[C@@H](NC(=O)OC(C)(C)C)C(=O)N1. The second kappa shape index (κ2) is 13.4. The molecule has 0 aromatic heterocycles. The Balaban J connectivity index is 2.63. The minimum atomic E-state index is -2.35. The van der Waals surface area contributed by atoms with Gasteiger partial charge in [0.15, 0.2) is 0 Å². The summed E-state index contributed by atoms with van der Waals surface area (Å²) in [6.07, 6.45) is -0.881. The van der Waals surface area contributed by atoms with Crippen molar-refractivity contribution >= 4 is 44.0 Å². The van der Waals surface area contributed by atoms with Gasteiger partial charge in [-0.2, -0.15) is 11.8 Å². The molecule has 1 aliphatic heterocycles. The molecule has 2 atom stereocenters. The van der Waals surface area contributed by atoms with Gasteiger partial charge in [-0.05, 0) is 45.8 Å². The van der Waals surface area contributed by atoms with Crippen molar-refractivity contribution in [1.29, 1.82) is 0 Å². The van der Waals surface area contributed by atoms with E-state index in [9.17, 15) is 19.2 Å². The summed E-state index contributed by atoms with van der Waals surface area (Å²) >= 11 is 1.32. The molecule has 0 spiro atoms. The number of benzene rings is 1. The van der Waals surface area contributed by atoms with Crippen molar-refractivity contribution in [2.75, 3.05) is 26.6 Å². The molecule has 1 aliphatic rings. The van der Waals surface area contributed by atoms with E-state index in [0.29, 0.717) is 22.6 Å². The van der Waals surface area contributed by atoms with Gasteiger partial charge < -0.3 is 34.0 Å². The van der Waals surface area contributed by atoms with Crippen molar-refractivity contribution in [3.63, 3.8) is 0 Å². The summed E-state index contributed by atoms with van der Waals surface area (Å²) in [5.41, 5.74) is 0.548. The number of thioether (sulfide) groups is 1. The lowest BCUT2D eigenvalue weighted by Crippen LogP contribution is -2.55. The van der Waals surface area contributed by atoms with Crippen LogP contribution in [-0.4, -0.2) is 76.5 Å². The molecule has 13 heteroatoms. The molecule has 11 nitrogen and oxygen atoms in total. The molecule has 230 valence electrons. The first-order chi connectivity index (χ1) is 18.8. The number of amides is 2. The summed E-state index contributed by atoms with van der Waals surface area (Å²) in [5, 5.41) is 4.92. The molecular weight excluding hydrogens is 568 g/mol. The molecule has 0 bridgehead atoms. The largest absolute Gasteiger partial charge is 0.543 e. The summed E-state index contributed by atoms with van der Waals surface area (Å²) in [6.45, 7) is 16.8. The summed E-state index contributed by atoms with van der Waals surface area (Å²) in [4.78, 5) is 51.9. The Kier molecular flexibility index (Phi) is 11.2. The van der Waals surface area contributed by atoms with E-state index < -0.39 is 56.5 Å². The Morgan fingerprint density at radius 2 is 1.73 bits per heavy atom. The first-order valence-corrected chi connectivity index (χ1v) is 17.4. The molecule has 0 saturated heterocycles. The second-order valence-corrected chi connectivity index (χ2v) is 18.1. The Labute approximate surface area is 247 Å². The summed E-state index contributed by atoms with van der Waals surface area (Å²) in [7, 11) is 0.378. The third-order valence-corrected chi connectivity index (χ3v) is 12.3. The first-order valence-electron chi connectivity index (χ1n) is 13.3. The highest BCUT2D eigenvalue weighted by Gasteiger charge is 2.40. The minimum Gasteiger partial charge on any atom is -0.543 e. The van der Waals surface area contributed by atoms with E-state index in [1.54, 1.807) is 33.8 Å².